The molecular weight excluding hydrogens is 368 g/mol. The second kappa shape index (κ2) is 10.0. The number of esters is 1. The number of carbonyl (C=O) groups excluding carboxylic acids is 3. The average Bonchev–Trinajstić information content (AvgIpc) is 3.01. The van der Waals surface area contributed by atoms with Crippen molar-refractivity contribution in [1.29, 1.82) is 0 Å². The fourth-order valence-corrected chi connectivity index (χ4v) is 3.58. The fourth-order valence-electron chi connectivity index (χ4n) is 2.59. The van der Waals surface area contributed by atoms with Gasteiger partial charge in [-0.25, -0.2) is 4.79 Å². The van der Waals surface area contributed by atoms with Crippen molar-refractivity contribution < 1.29 is 23.9 Å². The van der Waals surface area contributed by atoms with E-state index in [0.717, 1.165) is 11.3 Å². The molecule has 1 atom stereocenters. The molecule has 0 spiro atoms. The molecule has 146 valence electrons. The van der Waals surface area contributed by atoms with Crippen molar-refractivity contribution in [2.24, 2.45) is 0 Å². The van der Waals surface area contributed by atoms with Crippen LogP contribution in [-0.4, -0.2) is 54.7 Å². The minimum absolute atomic E-state index is 0.201. The number of benzene rings is 1. The number of methoxy groups -OCH3 is 1. The zero-order chi connectivity index (χ0) is 19.8. The normalized spacial score (nSPS) is 16.3. The number of rotatable bonds is 8. The first-order chi connectivity index (χ1) is 13.0. The van der Waals surface area contributed by atoms with Crippen molar-refractivity contribution in [3.63, 3.8) is 0 Å². The van der Waals surface area contributed by atoms with Gasteiger partial charge in [-0.15, -0.1) is 0 Å². The molecule has 2 amide bonds. The van der Waals surface area contributed by atoms with Gasteiger partial charge in [-0.1, -0.05) is 23.9 Å². The minimum Gasteiger partial charge on any atom is -0.497 e. The molecule has 0 bridgehead atoms. The van der Waals surface area contributed by atoms with Crippen molar-refractivity contribution in [3.05, 3.63) is 40.9 Å². The Labute approximate surface area is 163 Å². The Bertz CT molecular complexity index is 717. The van der Waals surface area contributed by atoms with Gasteiger partial charge < -0.3 is 14.8 Å². The van der Waals surface area contributed by atoms with Gasteiger partial charge in [0.05, 0.1) is 30.6 Å². The highest BCUT2D eigenvalue weighted by molar-refractivity contribution is 8.04. The summed E-state index contributed by atoms with van der Waals surface area (Å²) in [7, 11) is 1.61. The summed E-state index contributed by atoms with van der Waals surface area (Å²) in [5.74, 6) is -0.00835. The Morgan fingerprint density at radius 2 is 2.04 bits per heavy atom. The highest BCUT2D eigenvalue weighted by Gasteiger charge is 2.34. The predicted molar refractivity (Wildman–Crippen MR) is 103 cm³/mol. The van der Waals surface area contributed by atoms with Crippen LogP contribution in [0.15, 0.2) is 35.4 Å². The SMILES string of the molecule is CCOC(=O)/C=C1\SCC(=O)N1C(C)C(=O)NCCc1ccc(OC)cc1. The minimum atomic E-state index is -0.705. The number of ether oxygens (including phenoxy) is 2. The molecule has 1 unspecified atom stereocenters. The fraction of sp³-hybridized carbons (Fsp3) is 0.421. The van der Waals surface area contributed by atoms with Crippen molar-refractivity contribution >= 4 is 29.5 Å². The van der Waals surface area contributed by atoms with E-state index in [4.69, 9.17) is 9.47 Å². The van der Waals surface area contributed by atoms with Gasteiger partial charge >= 0.3 is 5.97 Å². The molecule has 1 N–H and O–H groups in total. The topological polar surface area (TPSA) is 84.9 Å². The van der Waals surface area contributed by atoms with Crippen LogP contribution in [0.2, 0.25) is 0 Å². The van der Waals surface area contributed by atoms with Crippen molar-refractivity contribution in [2.75, 3.05) is 26.0 Å². The van der Waals surface area contributed by atoms with Crippen LogP contribution in [0.5, 0.6) is 5.75 Å². The molecule has 27 heavy (non-hydrogen) atoms. The van der Waals surface area contributed by atoms with Gasteiger partial charge in [-0.3, -0.25) is 14.5 Å². The van der Waals surface area contributed by atoms with E-state index in [0.29, 0.717) is 18.0 Å². The third-order valence-corrected chi connectivity index (χ3v) is 5.02. The van der Waals surface area contributed by atoms with Gasteiger partial charge in [-0.05, 0) is 38.0 Å². The Morgan fingerprint density at radius 1 is 1.33 bits per heavy atom. The Hall–Kier alpha value is -2.48. The summed E-state index contributed by atoms with van der Waals surface area (Å²) in [5.41, 5.74) is 1.07. The molecule has 1 saturated heterocycles. The third-order valence-electron chi connectivity index (χ3n) is 4.02. The van der Waals surface area contributed by atoms with E-state index in [9.17, 15) is 14.4 Å². The average molecular weight is 392 g/mol. The van der Waals surface area contributed by atoms with Crippen LogP contribution in [-0.2, 0) is 25.5 Å². The van der Waals surface area contributed by atoms with Gasteiger partial charge in [0.1, 0.15) is 11.8 Å². The molecule has 1 aliphatic rings. The molecule has 0 aliphatic carbocycles. The summed E-state index contributed by atoms with van der Waals surface area (Å²) in [4.78, 5) is 37.6. The van der Waals surface area contributed by atoms with Crippen LogP contribution in [0.25, 0.3) is 0 Å². The molecular formula is C19H24N2O5S. The number of thioether (sulfide) groups is 1. The second-order valence-electron chi connectivity index (χ2n) is 5.85. The molecule has 1 fully saturated rings. The van der Waals surface area contributed by atoms with Crippen LogP contribution >= 0.6 is 11.8 Å². The Balaban J connectivity index is 1.92. The first-order valence-electron chi connectivity index (χ1n) is 8.70. The van der Waals surface area contributed by atoms with Crippen molar-refractivity contribution in [2.45, 2.75) is 26.3 Å². The molecule has 1 aromatic rings. The summed E-state index contributed by atoms with van der Waals surface area (Å²) in [6, 6.07) is 6.91. The lowest BCUT2D eigenvalue weighted by molar-refractivity contribution is -0.137. The Kier molecular flexibility index (Phi) is 7.72. The third kappa shape index (κ3) is 5.75. The van der Waals surface area contributed by atoms with E-state index in [1.54, 1.807) is 21.0 Å². The molecule has 1 aliphatic heterocycles. The van der Waals surface area contributed by atoms with Crippen LogP contribution in [0.1, 0.15) is 19.4 Å². The molecule has 2 rings (SSSR count). The van der Waals surface area contributed by atoms with E-state index in [1.807, 2.05) is 24.3 Å². The van der Waals surface area contributed by atoms with Crippen LogP contribution in [0.3, 0.4) is 0 Å². The maximum Gasteiger partial charge on any atom is 0.333 e. The molecule has 1 aromatic carbocycles. The molecule has 0 aromatic heterocycles. The van der Waals surface area contributed by atoms with Gasteiger partial charge in [0.25, 0.3) is 0 Å². The number of nitrogens with zero attached hydrogens (tertiary/aromatic N) is 1. The largest absolute Gasteiger partial charge is 0.497 e. The zero-order valence-electron chi connectivity index (χ0n) is 15.7. The number of hydrogen-bond donors (Lipinski definition) is 1. The zero-order valence-corrected chi connectivity index (χ0v) is 16.5. The number of hydrogen-bond acceptors (Lipinski definition) is 6. The Morgan fingerprint density at radius 3 is 2.67 bits per heavy atom. The molecule has 1 heterocycles. The number of amides is 2. The predicted octanol–water partition coefficient (Wildman–Crippen LogP) is 1.72. The van der Waals surface area contributed by atoms with Gasteiger partial charge in [0, 0.05) is 6.54 Å². The summed E-state index contributed by atoms with van der Waals surface area (Å²) in [5, 5.41) is 3.28. The van der Waals surface area contributed by atoms with Crippen LogP contribution in [0, 0.1) is 0 Å². The summed E-state index contributed by atoms with van der Waals surface area (Å²) in [6.07, 6.45) is 1.93. The van der Waals surface area contributed by atoms with E-state index < -0.39 is 12.0 Å². The first-order valence-corrected chi connectivity index (χ1v) is 9.68. The summed E-state index contributed by atoms with van der Waals surface area (Å²) in [6.45, 7) is 4.05. The quantitative estimate of drug-likeness (QED) is 0.536. The molecule has 0 saturated carbocycles. The lowest BCUT2D eigenvalue weighted by Gasteiger charge is -2.24. The summed E-state index contributed by atoms with van der Waals surface area (Å²) >= 11 is 1.23. The molecule has 7 nitrogen and oxygen atoms in total. The lowest BCUT2D eigenvalue weighted by Crippen LogP contribution is -2.45. The highest BCUT2D eigenvalue weighted by atomic mass is 32.2. The number of carbonyl (C=O) groups is 3. The molecule has 0 radical (unpaired) electrons. The van der Waals surface area contributed by atoms with Gasteiger partial charge in [0.15, 0.2) is 0 Å². The van der Waals surface area contributed by atoms with E-state index >= 15 is 0 Å². The lowest BCUT2D eigenvalue weighted by atomic mass is 10.1. The maximum atomic E-state index is 12.4. The van der Waals surface area contributed by atoms with Crippen LogP contribution in [0.4, 0.5) is 0 Å². The first kappa shape index (κ1) is 20.8. The van der Waals surface area contributed by atoms with E-state index in [1.165, 1.54) is 22.7 Å². The van der Waals surface area contributed by atoms with Gasteiger partial charge in [-0.2, -0.15) is 0 Å². The standard InChI is InChI=1S/C19H24N2O5S/c1-4-26-18(23)11-17-21(16(22)12-27-17)13(2)19(24)20-10-9-14-5-7-15(25-3)8-6-14/h5-8,11,13H,4,9-10,12H2,1-3H3,(H,20,24)/b17-11-. The smallest absolute Gasteiger partial charge is 0.333 e. The second-order valence-corrected chi connectivity index (χ2v) is 6.85. The van der Waals surface area contributed by atoms with Gasteiger partial charge in [0.2, 0.25) is 11.8 Å². The van der Waals surface area contributed by atoms with Crippen molar-refractivity contribution in [3.8, 4) is 5.75 Å². The van der Waals surface area contributed by atoms with Crippen molar-refractivity contribution in [1.82, 2.24) is 10.2 Å². The van der Waals surface area contributed by atoms with E-state index in [2.05, 4.69) is 5.32 Å². The summed E-state index contributed by atoms with van der Waals surface area (Å²) < 4.78 is 10.00. The van der Waals surface area contributed by atoms with E-state index in [-0.39, 0.29) is 24.2 Å². The monoisotopic (exact) mass is 392 g/mol. The maximum absolute atomic E-state index is 12.4. The molecule has 8 heteroatoms. The van der Waals surface area contributed by atoms with Crippen LogP contribution < -0.4 is 10.1 Å². The highest BCUT2D eigenvalue weighted by Crippen LogP contribution is 2.30. The number of nitrogens with one attached hydrogen (secondary N) is 1.